The standard InChI is InChI=1S/C5H9FO4/c6-5(2-7)4(9)3(8)1-10-5/h3-4,7-9H,1-2H2/t3-,4+,5-/m1/s1. The summed E-state index contributed by atoms with van der Waals surface area (Å²) in [4.78, 5) is 0. The van der Waals surface area contributed by atoms with Crippen LogP contribution in [-0.4, -0.2) is 46.6 Å². The van der Waals surface area contributed by atoms with E-state index in [0.29, 0.717) is 0 Å². The molecule has 0 radical (unpaired) electrons. The number of hydrogen-bond donors (Lipinski definition) is 3. The minimum absolute atomic E-state index is 0.280. The molecule has 3 atom stereocenters. The third-order valence-electron chi connectivity index (χ3n) is 1.52. The predicted octanol–water partition coefficient (Wildman–Crippen LogP) is -1.60. The summed E-state index contributed by atoms with van der Waals surface area (Å²) >= 11 is 0. The van der Waals surface area contributed by atoms with E-state index in [1.807, 2.05) is 0 Å². The molecule has 0 aromatic heterocycles. The number of ether oxygens (including phenoxy) is 1. The van der Waals surface area contributed by atoms with Crippen LogP contribution >= 0.6 is 0 Å². The van der Waals surface area contributed by atoms with Gasteiger partial charge in [-0.05, 0) is 0 Å². The van der Waals surface area contributed by atoms with Gasteiger partial charge in [0, 0.05) is 0 Å². The number of hydrogen-bond acceptors (Lipinski definition) is 4. The van der Waals surface area contributed by atoms with E-state index in [1.54, 1.807) is 0 Å². The molecule has 1 saturated heterocycles. The molecule has 0 amide bonds. The van der Waals surface area contributed by atoms with Crippen LogP contribution in [0, 0.1) is 0 Å². The van der Waals surface area contributed by atoms with Gasteiger partial charge in [-0.1, -0.05) is 0 Å². The molecule has 0 unspecified atom stereocenters. The van der Waals surface area contributed by atoms with E-state index < -0.39 is 24.7 Å². The summed E-state index contributed by atoms with van der Waals surface area (Å²) in [6.07, 6.45) is -2.88. The maximum Gasteiger partial charge on any atom is 0.261 e. The van der Waals surface area contributed by atoms with Crippen molar-refractivity contribution in [3.63, 3.8) is 0 Å². The van der Waals surface area contributed by atoms with Crippen molar-refractivity contribution in [2.75, 3.05) is 13.2 Å². The van der Waals surface area contributed by atoms with Crippen LogP contribution < -0.4 is 0 Å². The monoisotopic (exact) mass is 152 g/mol. The Kier molecular flexibility index (Phi) is 1.91. The van der Waals surface area contributed by atoms with Crippen molar-refractivity contribution in [2.45, 2.75) is 18.1 Å². The van der Waals surface area contributed by atoms with Crippen molar-refractivity contribution in [3.8, 4) is 0 Å². The van der Waals surface area contributed by atoms with Crippen LogP contribution in [0.3, 0.4) is 0 Å². The summed E-state index contributed by atoms with van der Waals surface area (Å²) < 4.78 is 17.1. The first-order valence-electron chi connectivity index (χ1n) is 2.90. The van der Waals surface area contributed by atoms with Gasteiger partial charge in [0.15, 0.2) is 0 Å². The van der Waals surface area contributed by atoms with Gasteiger partial charge in [0.05, 0.1) is 6.61 Å². The van der Waals surface area contributed by atoms with Crippen LogP contribution in [0.4, 0.5) is 4.39 Å². The van der Waals surface area contributed by atoms with Crippen LogP contribution in [0.2, 0.25) is 0 Å². The average Bonchev–Trinajstić information content (AvgIpc) is 2.19. The van der Waals surface area contributed by atoms with Gasteiger partial charge in [-0.25, -0.2) is 4.39 Å². The van der Waals surface area contributed by atoms with Gasteiger partial charge in [0.25, 0.3) is 5.85 Å². The second-order valence-corrected chi connectivity index (χ2v) is 2.27. The molecule has 1 aliphatic rings. The van der Waals surface area contributed by atoms with Crippen LogP contribution in [0.5, 0.6) is 0 Å². The van der Waals surface area contributed by atoms with Crippen molar-refractivity contribution < 1.29 is 24.4 Å². The Morgan fingerprint density at radius 1 is 1.60 bits per heavy atom. The summed E-state index contributed by atoms with van der Waals surface area (Å²) in [6.45, 7) is -1.22. The zero-order chi connectivity index (χ0) is 7.78. The van der Waals surface area contributed by atoms with Crippen molar-refractivity contribution >= 4 is 0 Å². The highest BCUT2D eigenvalue weighted by Gasteiger charge is 2.49. The Morgan fingerprint density at radius 2 is 2.20 bits per heavy atom. The largest absolute Gasteiger partial charge is 0.390 e. The predicted molar refractivity (Wildman–Crippen MR) is 28.9 cm³/mol. The topological polar surface area (TPSA) is 69.9 Å². The lowest BCUT2D eigenvalue weighted by molar-refractivity contribution is -0.182. The van der Waals surface area contributed by atoms with Crippen LogP contribution in [0.1, 0.15) is 0 Å². The fraction of sp³-hybridized carbons (Fsp3) is 1.00. The lowest BCUT2D eigenvalue weighted by atomic mass is 10.1. The van der Waals surface area contributed by atoms with Gasteiger partial charge in [-0.15, -0.1) is 0 Å². The summed E-state index contributed by atoms with van der Waals surface area (Å²) in [7, 11) is 0. The Labute approximate surface area is 56.9 Å². The molecule has 0 saturated carbocycles. The molecule has 0 aliphatic carbocycles. The van der Waals surface area contributed by atoms with Gasteiger partial charge >= 0.3 is 0 Å². The normalized spacial score (nSPS) is 48.0. The highest BCUT2D eigenvalue weighted by molar-refractivity contribution is 4.89. The minimum atomic E-state index is -2.47. The molecule has 0 spiro atoms. The van der Waals surface area contributed by atoms with Crippen LogP contribution in [-0.2, 0) is 4.74 Å². The van der Waals surface area contributed by atoms with E-state index in [-0.39, 0.29) is 6.61 Å². The van der Waals surface area contributed by atoms with Gasteiger partial charge in [0.2, 0.25) is 0 Å². The third kappa shape index (κ3) is 1.01. The highest BCUT2D eigenvalue weighted by atomic mass is 19.2. The number of alkyl halides is 1. The van der Waals surface area contributed by atoms with E-state index in [4.69, 9.17) is 15.3 Å². The molecule has 1 aliphatic heterocycles. The number of aliphatic hydroxyl groups is 3. The molecule has 0 aromatic carbocycles. The number of aliphatic hydroxyl groups excluding tert-OH is 3. The summed E-state index contributed by atoms with van der Waals surface area (Å²) in [6, 6.07) is 0. The van der Waals surface area contributed by atoms with Crippen LogP contribution in [0.25, 0.3) is 0 Å². The quantitative estimate of drug-likeness (QED) is 0.423. The summed E-state index contributed by atoms with van der Waals surface area (Å²) in [5.74, 6) is -2.47. The molecule has 10 heavy (non-hydrogen) atoms. The Hall–Kier alpha value is -0.230. The van der Waals surface area contributed by atoms with Crippen molar-refractivity contribution in [1.29, 1.82) is 0 Å². The lowest BCUT2D eigenvalue weighted by Gasteiger charge is -2.19. The summed E-state index contributed by atoms with van der Waals surface area (Å²) in [5.41, 5.74) is 0. The molecule has 1 fully saturated rings. The molecular formula is C5H9FO4. The maximum absolute atomic E-state index is 12.8. The van der Waals surface area contributed by atoms with Gasteiger partial charge in [-0.3, -0.25) is 0 Å². The second kappa shape index (κ2) is 2.43. The third-order valence-corrected chi connectivity index (χ3v) is 1.52. The van der Waals surface area contributed by atoms with E-state index in [9.17, 15) is 4.39 Å². The van der Waals surface area contributed by atoms with E-state index in [2.05, 4.69) is 4.74 Å². The van der Waals surface area contributed by atoms with Crippen molar-refractivity contribution in [1.82, 2.24) is 0 Å². The minimum Gasteiger partial charge on any atom is -0.390 e. The molecule has 0 bridgehead atoms. The van der Waals surface area contributed by atoms with Crippen molar-refractivity contribution in [2.24, 2.45) is 0 Å². The molecule has 3 N–H and O–H groups in total. The van der Waals surface area contributed by atoms with Gasteiger partial charge in [-0.2, -0.15) is 0 Å². The lowest BCUT2D eigenvalue weighted by Crippen LogP contribution is -2.42. The van der Waals surface area contributed by atoms with E-state index in [1.165, 1.54) is 0 Å². The van der Waals surface area contributed by atoms with E-state index >= 15 is 0 Å². The van der Waals surface area contributed by atoms with Gasteiger partial charge < -0.3 is 20.1 Å². The molecule has 5 heteroatoms. The molecule has 1 heterocycles. The first kappa shape index (κ1) is 7.87. The summed E-state index contributed by atoms with van der Waals surface area (Å²) in [5, 5.41) is 25.9. The van der Waals surface area contributed by atoms with Gasteiger partial charge in [0.1, 0.15) is 18.8 Å². The molecule has 4 nitrogen and oxygen atoms in total. The first-order valence-corrected chi connectivity index (χ1v) is 2.90. The number of halogens is 1. The Balaban J connectivity index is 2.64. The van der Waals surface area contributed by atoms with Crippen molar-refractivity contribution in [3.05, 3.63) is 0 Å². The Bertz CT molecular complexity index is 131. The molecule has 0 aromatic rings. The highest BCUT2D eigenvalue weighted by Crippen LogP contribution is 2.27. The average molecular weight is 152 g/mol. The zero-order valence-corrected chi connectivity index (χ0v) is 5.20. The maximum atomic E-state index is 12.8. The SMILES string of the molecule is OC[C@@]1(F)OC[C@@H](O)[C@@H]1O. The Morgan fingerprint density at radius 3 is 2.40 bits per heavy atom. The first-order chi connectivity index (χ1) is 4.60. The molecule has 1 rings (SSSR count). The number of rotatable bonds is 1. The molecular weight excluding hydrogens is 143 g/mol. The molecule has 60 valence electrons. The zero-order valence-electron chi connectivity index (χ0n) is 5.20. The van der Waals surface area contributed by atoms with E-state index in [0.717, 1.165) is 0 Å². The smallest absolute Gasteiger partial charge is 0.261 e. The fourth-order valence-electron chi connectivity index (χ4n) is 0.827. The van der Waals surface area contributed by atoms with Crippen LogP contribution in [0.15, 0.2) is 0 Å². The second-order valence-electron chi connectivity index (χ2n) is 2.27. The fourth-order valence-corrected chi connectivity index (χ4v) is 0.827.